The van der Waals surface area contributed by atoms with E-state index in [1.54, 1.807) is 0 Å². The Hall–Kier alpha value is -2.21. The lowest BCUT2D eigenvalue weighted by Crippen LogP contribution is -2.41. The van der Waals surface area contributed by atoms with Crippen LogP contribution in [0.2, 0.25) is 0 Å². The SMILES string of the molecule is Cc1ccccc1/C=N\NC(=O)C(=O)NC[C@@H]1CCCO1. The van der Waals surface area contributed by atoms with Crippen molar-refractivity contribution < 1.29 is 14.3 Å². The number of benzene rings is 1. The van der Waals surface area contributed by atoms with Gasteiger partial charge < -0.3 is 10.1 Å². The number of carbonyl (C=O) groups is 2. The Kier molecular flexibility index (Phi) is 5.45. The van der Waals surface area contributed by atoms with Gasteiger partial charge in [0, 0.05) is 13.2 Å². The van der Waals surface area contributed by atoms with Crippen LogP contribution in [-0.4, -0.2) is 37.3 Å². The minimum absolute atomic E-state index is 0.0113. The van der Waals surface area contributed by atoms with E-state index in [1.807, 2.05) is 31.2 Å². The lowest BCUT2D eigenvalue weighted by molar-refractivity contribution is -0.139. The summed E-state index contributed by atoms with van der Waals surface area (Å²) in [4.78, 5) is 23.1. The molecule has 0 spiro atoms. The number of nitrogens with zero attached hydrogens (tertiary/aromatic N) is 1. The monoisotopic (exact) mass is 289 g/mol. The lowest BCUT2D eigenvalue weighted by atomic mass is 10.1. The summed E-state index contributed by atoms with van der Waals surface area (Å²) in [5.74, 6) is -1.48. The Bertz CT molecular complexity index is 537. The maximum atomic E-state index is 11.6. The molecule has 0 radical (unpaired) electrons. The molecule has 0 bridgehead atoms. The van der Waals surface area contributed by atoms with Crippen LogP contribution in [0.4, 0.5) is 0 Å². The number of hydrogen-bond donors (Lipinski definition) is 2. The van der Waals surface area contributed by atoms with E-state index < -0.39 is 11.8 Å². The van der Waals surface area contributed by atoms with Crippen molar-refractivity contribution in [1.82, 2.24) is 10.7 Å². The van der Waals surface area contributed by atoms with Gasteiger partial charge in [0.15, 0.2) is 0 Å². The van der Waals surface area contributed by atoms with Gasteiger partial charge >= 0.3 is 11.8 Å². The van der Waals surface area contributed by atoms with Crippen LogP contribution < -0.4 is 10.7 Å². The van der Waals surface area contributed by atoms with Crippen molar-refractivity contribution in [2.45, 2.75) is 25.9 Å². The molecule has 6 nitrogen and oxygen atoms in total. The van der Waals surface area contributed by atoms with Crippen molar-refractivity contribution in [3.05, 3.63) is 35.4 Å². The Morgan fingerprint density at radius 3 is 2.90 bits per heavy atom. The summed E-state index contributed by atoms with van der Waals surface area (Å²) in [5.41, 5.74) is 4.14. The van der Waals surface area contributed by atoms with Gasteiger partial charge in [0.1, 0.15) is 0 Å². The fourth-order valence-electron chi connectivity index (χ4n) is 2.03. The molecule has 2 N–H and O–H groups in total. The molecule has 112 valence electrons. The highest BCUT2D eigenvalue weighted by molar-refractivity contribution is 6.35. The van der Waals surface area contributed by atoms with E-state index in [2.05, 4.69) is 15.8 Å². The predicted octanol–water partition coefficient (Wildman–Crippen LogP) is 0.740. The summed E-state index contributed by atoms with van der Waals surface area (Å²) in [6, 6.07) is 7.62. The summed E-state index contributed by atoms with van der Waals surface area (Å²) in [6.45, 7) is 3.01. The number of hydrazone groups is 1. The molecular weight excluding hydrogens is 270 g/mol. The third kappa shape index (κ3) is 4.68. The number of nitrogens with one attached hydrogen (secondary N) is 2. The van der Waals surface area contributed by atoms with Gasteiger partial charge in [-0.25, -0.2) is 5.43 Å². The molecule has 2 amide bonds. The highest BCUT2D eigenvalue weighted by Gasteiger charge is 2.18. The molecule has 0 aromatic heterocycles. The number of amides is 2. The minimum Gasteiger partial charge on any atom is -0.376 e. The molecule has 1 fully saturated rings. The first kappa shape index (κ1) is 15.2. The molecule has 0 saturated carbocycles. The molecule has 1 heterocycles. The minimum atomic E-state index is -0.780. The summed E-state index contributed by atoms with van der Waals surface area (Å²) < 4.78 is 5.36. The summed E-state index contributed by atoms with van der Waals surface area (Å²) in [5, 5.41) is 6.32. The molecule has 1 aromatic rings. The zero-order chi connectivity index (χ0) is 15.1. The van der Waals surface area contributed by atoms with Gasteiger partial charge in [-0.05, 0) is 30.9 Å². The quantitative estimate of drug-likeness (QED) is 0.487. The van der Waals surface area contributed by atoms with Gasteiger partial charge in [-0.3, -0.25) is 9.59 Å². The molecule has 0 aliphatic carbocycles. The van der Waals surface area contributed by atoms with Crippen molar-refractivity contribution in [2.24, 2.45) is 5.10 Å². The van der Waals surface area contributed by atoms with Crippen LogP contribution in [0.15, 0.2) is 29.4 Å². The largest absolute Gasteiger partial charge is 0.376 e. The van der Waals surface area contributed by atoms with Gasteiger partial charge in [-0.15, -0.1) is 0 Å². The van der Waals surface area contributed by atoms with E-state index in [1.165, 1.54) is 6.21 Å². The van der Waals surface area contributed by atoms with Crippen molar-refractivity contribution >= 4 is 18.0 Å². The van der Waals surface area contributed by atoms with E-state index in [-0.39, 0.29) is 6.10 Å². The molecule has 1 saturated heterocycles. The summed E-state index contributed by atoms with van der Waals surface area (Å²) >= 11 is 0. The zero-order valence-electron chi connectivity index (χ0n) is 12.0. The summed E-state index contributed by atoms with van der Waals surface area (Å²) in [6.07, 6.45) is 3.43. The van der Waals surface area contributed by atoms with Gasteiger partial charge in [0.25, 0.3) is 0 Å². The maximum Gasteiger partial charge on any atom is 0.329 e. The van der Waals surface area contributed by atoms with Gasteiger partial charge in [0.05, 0.1) is 12.3 Å². The molecule has 0 unspecified atom stereocenters. The molecule has 1 aliphatic rings. The number of aryl methyl sites for hydroxylation is 1. The molecule has 1 aliphatic heterocycles. The second-order valence-electron chi connectivity index (χ2n) is 4.90. The first-order chi connectivity index (χ1) is 10.2. The van der Waals surface area contributed by atoms with Crippen molar-refractivity contribution in [1.29, 1.82) is 0 Å². The van der Waals surface area contributed by atoms with E-state index >= 15 is 0 Å². The third-order valence-corrected chi connectivity index (χ3v) is 3.28. The standard InChI is InChI=1S/C15H19N3O3/c1-11-5-2-3-6-12(11)9-17-18-15(20)14(19)16-10-13-7-4-8-21-13/h2-3,5-6,9,13H,4,7-8,10H2,1H3,(H,16,19)(H,18,20)/b17-9-/t13-/m0/s1. The van der Waals surface area contributed by atoms with Crippen LogP contribution in [0.1, 0.15) is 24.0 Å². The van der Waals surface area contributed by atoms with Gasteiger partial charge in [0.2, 0.25) is 0 Å². The van der Waals surface area contributed by atoms with Crippen molar-refractivity contribution in [3.63, 3.8) is 0 Å². The zero-order valence-corrected chi connectivity index (χ0v) is 12.0. The molecule has 2 rings (SSSR count). The van der Waals surface area contributed by atoms with Gasteiger partial charge in [-0.1, -0.05) is 24.3 Å². The van der Waals surface area contributed by atoms with Crippen LogP contribution >= 0.6 is 0 Å². The fourth-order valence-corrected chi connectivity index (χ4v) is 2.03. The van der Waals surface area contributed by atoms with Crippen molar-refractivity contribution in [3.8, 4) is 0 Å². The van der Waals surface area contributed by atoms with E-state index in [9.17, 15) is 9.59 Å². The van der Waals surface area contributed by atoms with E-state index in [4.69, 9.17) is 4.74 Å². The number of ether oxygens (including phenoxy) is 1. The van der Waals surface area contributed by atoms with Crippen LogP contribution in [0.3, 0.4) is 0 Å². The Morgan fingerprint density at radius 1 is 1.38 bits per heavy atom. The first-order valence-corrected chi connectivity index (χ1v) is 6.95. The number of hydrogen-bond acceptors (Lipinski definition) is 4. The van der Waals surface area contributed by atoms with E-state index in [0.29, 0.717) is 13.2 Å². The van der Waals surface area contributed by atoms with Crippen molar-refractivity contribution in [2.75, 3.05) is 13.2 Å². The normalized spacial score (nSPS) is 17.9. The second-order valence-corrected chi connectivity index (χ2v) is 4.90. The topological polar surface area (TPSA) is 79.8 Å². The van der Waals surface area contributed by atoms with Crippen LogP contribution in [-0.2, 0) is 14.3 Å². The maximum absolute atomic E-state index is 11.6. The average Bonchev–Trinajstić information content (AvgIpc) is 3.00. The highest BCUT2D eigenvalue weighted by atomic mass is 16.5. The average molecular weight is 289 g/mol. The smallest absolute Gasteiger partial charge is 0.329 e. The molecule has 6 heteroatoms. The Labute approximate surface area is 123 Å². The molecule has 1 aromatic carbocycles. The molecule has 1 atom stereocenters. The van der Waals surface area contributed by atoms with Crippen LogP contribution in [0.25, 0.3) is 0 Å². The predicted molar refractivity (Wildman–Crippen MR) is 78.9 cm³/mol. The molecule has 21 heavy (non-hydrogen) atoms. The van der Waals surface area contributed by atoms with Crippen LogP contribution in [0.5, 0.6) is 0 Å². The van der Waals surface area contributed by atoms with Crippen LogP contribution in [0, 0.1) is 6.92 Å². The fraction of sp³-hybridized carbons (Fsp3) is 0.400. The number of rotatable bonds is 4. The van der Waals surface area contributed by atoms with Gasteiger partial charge in [-0.2, -0.15) is 5.10 Å². The Morgan fingerprint density at radius 2 is 2.19 bits per heavy atom. The second kappa shape index (κ2) is 7.54. The third-order valence-electron chi connectivity index (χ3n) is 3.28. The Balaban J connectivity index is 1.75. The lowest BCUT2D eigenvalue weighted by Gasteiger charge is -2.09. The van der Waals surface area contributed by atoms with E-state index in [0.717, 1.165) is 24.0 Å². The highest BCUT2D eigenvalue weighted by Crippen LogP contribution is 2.10. The number of carbonyl (C=O) groups excluding carboxylic acids is 2. The molecular formula is C15H19N3O3. The first-order valence-electron chi connectivity index (χ1n) is 6.95. The summed E-state index contributed by atoms with van der Waals surface area (Å²) in [7, 11) is 0.